The zero-order valence-corrected chi connectivity index (χ0v) is 7.45. The van der Waals surface area contributed by atoms with E-state index in [1.54, 1.807) is 0 Å². The van der Waals surface area contributed by atoms with Crippen molar-refractivity contribution in [1.82, 2.24) is 4.90 Å². The van der Waals surface area contributed by atoms with E-state index >= 15 is 0 Å². The predicted molar refractivity (Wildman–Crippen MR) is 45.3 cm³/mol. The number of fused-ring (bicyclic) bond motifs is 1. The summed E-state index contributed by atoms with van der Waals surface area (Å²) in [6.45, 7) is 0. The molecule has 1 heterocycles. The molecule has 0 amide bonds. The van der Waals surface area contributed by atoms with E-state index in [0.29, 0.717) is 5.54 Å². The van der Waals surface area contributed by atoms with Crippen LogP contribution in [0.2, 0.25) is 0 Å². The molecule has 64 valence electrons. The second-order valence-electron chi connectivity index (χ2n) is 4.77. The normalized spacial score (nSPS) is 48.2. The van der Waals surface area contributed by atoms with Gasteiger partial charge < -0.3 is 0 Å². The van der Waals surface area contributed by atoms with Gasteiger partial charge in [0.05, 0.1) is 6.07 Å². The minimum Gasteiger partial charge on any atom is -0.285 e. The van der Waals surface area contributed by atoms with Crippen molar-refractivity contribution in [2.75, 3.05) is 7.05 Å². The van der Waals surface area contributed by atoms with Crippen LogP contribution in [0.1, 0.15) is 25.7 Å². The van der Waals surface area contributed by atoms with Crippen molar-refractivity contribution >= 4 is 0 Å². The zero-order chi connectivity index (χ0) is 8.34. The van der Waals surface area contributed by atoms with E-state index in [4.69, 9.17) is 5.26 Å². The maximum Gasteiger partial charge on any atom is 0.101 e. The van der Waals surface area contributed by atoms with Crippen molar-refractivity contribution < 1.29 is 0 Å². The first-order chi connectivity index (χ1) is 5.77. The van der Waals surface area contributed by atoms with E-state index in [1.807, 2.05) is 0 Å². The second kappa shape index (κ2) is 1.85. The van der Waals surface area contributed by atoms with Gasteiger partial charge in [-0.25, -0.2) is 0 Å². The first kappa shape index (κ1) is 6.91. The summed E-state index contributed by atoms with van der Waals surface area (Å²) in [5.74, 6) is 1.64. The standard InChI is InChI=1S/C10H14N2/c1-12-9(6-11)8-4-7(8)5-10(12)2-3-10/h7-9H,2-5H2,1H3. The van der Waals surface area contributed by atoms with Crippen LogP contribution in [-0.2, 0) is 0 Å². The summed E-state index contributed by atoms with van der Waals surface area (Å²) in [7, 11) is 2.15. The fourth-order valence-corrected chi connectivity index (χ4v) is 2.99. The predicted octanol–water partition coefficient (Wildman–Crippen LogP) is 1.38. The highest BCUT2D eigenvalue weighted by Crippen LogP contribution is 2.60. The van der Waals surface area contributed by atoms with E-state index in [1.165, 1.54) is 25.7 Å². The first-order valence-corrected chi connectivity index (χ1v) is 4.89. The van der Waals surface area contributed by atoms with Crippen LogP contribution in [0.3, 0.4) is 0 Å². The summed E-state index contributed by atoms with van der Waals surface area (Å²) in [4.78, 5) is 2.36. The summed E-state index contributed by atoms with van der Waals surface area (Å²) < 4.78 is 0. The van der Waals surface area contributed by atoms with Gasteiger partial charge in [-0.2, -0.15) is 5.26 Å². The Hall–Kier alpha value is -0.550. The highest BCUT2D eigenvalue weighted by atomic mass is 15.3. The van der Waals surface area contributed by atoms with Crippen molar-refractivity contribution in [1.29, 1.82) is 5.26 Å². The van der Waals surface area contributed by atoms with E-state index < -0.39 is 0 Å². The van der Waals surface area contributed by atoms with Crippen LogP contribution in [0.4, 0.5) is 0 Å². The molecule has 3 rings (SSSR count). The summed E-state index contributed by atoms with van der Waals surface area (Å²) in [6.07, 6.45) is 5.38. The molecule has 2 nitrogen and oxygen atoms in total. The number of hydrogen-bond donors (Lipinski definition) is 0. The second-order valence-corrected chi connectivity index (χ2v) is 4.77. The van der Waals surface area contributed by atoms with Gasteiger partial charge in [0.15, 0.2) is 0 Å². The van der Waals surface area contributed by atoms with Gasteiger partial charge in [-0.1, -0.05) is 0 Å². The molecule has 0 N–H and O–H groups in total. The lowest BCUT2D eigenvalue weighted by molar-refractivity contribution is 0.119. The van der Waals surface area contributed by atoms with Gasteiger partial charge >= 0.3 is 0 Å². The summed E-state index contributed by atoms with van der Waals surface area (Å²) >= 11 is 0. The molecule has 1 saturated heterocycles. The molecule has 2 aliphatic carbocycles. The Labute approximate surface area is 73.2 Å². The molecule has 1 spiro atoms. The van der Waals surface area contributed by atoms with Gasteiger partial charge in [0.25, 0.3) is 0 Å². The number of likely N-dealkylation sites (tertiary alicyclic amines) is 1. The van der Waals surface area contributed by atoms with Gasteiger partial charge in [-0.15, -0.1) is 0 Å². The van der Waals surface area contributed by atoms with Gasteiger partial charge in [-0.3, -0.25) is 4.90 Å². The van der Waals surface area contributed by atoms with Gasteiger partial charge in [0, 0.05) is 5.54 Å². The third-order valence-corrected chi connectivity index (χ3v) is 4.15. The molecule has 3 fully saturated rings. The molecular formula is C10H14N2. The van der Waals surface area contributed by atoms with Crippen LogP contribution in [-0.4, -0.2) is 23.5 Å². The quantitative estimate of drug-likeness (QED) is 0.538. The van der Waals surface area contributed by atoms with Crippen LogP contribution >= 0.6 is 0 Å². The van der Waals surface area contributed by atoms with E-state index in [-0.39, 0.29) is 6.04 Å². The van der Waals surface area contributed by atoms with Crippen LogP contribution in [0.15, 0.2) is 0 Å². The molecule has 0 bridgehead atoms. The highest BCUT2D eigenvalue weighted by Gasteiger charge is 2.61. The Morgan fingerprint density at radius 1 is 1.50 bits per heavy atom. The minimum absolute atomic E-state index is 0.242. The number of nitrogens with zero attached hydrogens (tertiary/aromatic N) is 2. The van der Waals surface area contributed by atoms with Crippen LogP contribution in [0.25, 0.3) is 0 Å². The lowest BCUT2D eigenvalue weighted by Crippen LogP contribution is -2.46. The summed E-state index contributed by atoms with van der Waals surface area (Å²) in [5, 5.41) is 9.03. The van der Waals surface area contributed by atoms with Crippen molar-refractivity contribution in [3.8, 4) is 6.07 Å². The Morgan fingerprint density at radius 3 is 2.83 bits per heavy atom. The van der Waals surface area contributed by atoms with Gasteiger partial charge in [0.2, 0.25) is 0 Å². The molecule has 0 aromatic heterocycles. The molecule has 0 radical (unpaired) electrons. The molecule has 1 aliphatic heterocycles. The SMILES string of the molecule is CN1C(C#N)C2CC2CC12CC2. The number of rotatable bonds is 0. The first-order valence-electron chi connectivity index (χ1n) is 4.89. The lowest BCUT2D eigenvalue weighted by Gasteiger charge is -2.36. The smallest absolute Gasteiger partial charge is 0.101 e. The number of piperidine rings is 1. The lowest BCUT2D eigenvalue weighted by atomic mass is 9.95. The van der Waals surface area contributed by atoms with Crippen molar-refractivity contribution in [3.05, 3.63) is 0 Å². The van der Waals surface area contributed by atoms with Gasteiger partial charge in [-0.05, 0) is 44.6 Å². The van der Waals surface area contributed by atoms with Gasteiger partial charge in [0.1, 0.15) is 6.04 Å². The Balaban J connectivity index is 1.90. The fraction of sp³-hybridized carbons (Fsp3) is 0.900. The maximum absolute atomic E-state index is 9.03. The Kier molecular flexibility index (Phi) is 1.07. The highest BCUT2D eigenvalue weighted by molar-refractivity contribution is 5.20. The molecular weight excluding hydrogens is 148 g/mol. The topological polar surface area (TPSA) is 27.0 Å². The van der Waals surface area contributed by atoms with Crippen LogP contribution in [0, 0.1) is 23.2 Å². The summed E-state index contributed by atoms with van der Waals surface area (Å²) in [5.41, 5.74) is 0.484. The van der Waals surface area contributed by atoms with Crippen molar-refractivity contribution in [2.45, 2.75) is 37.3 Å². The van der Waals surface area contributed by atoms with Crippen LogP contribution < -0.4 is 0 Å². The summed E-state index contributed by atoms with van der Waals surface area (Å²) in [6, 6.07) is 2.71. The van der Waals surface area contributed by atoms with E-state index in [9.17, 15) is 0 Å². The number of hydrogen-bond acceptors (Lipinski definition) is 2. The zero-order valence-electron chi connectivity index (χ0n) is 7.45. The molecule has 12 heavy (non-hydrogen) atoms. The molecule has 2 heteroatoms. The molecule has 2 saturated carbocycles. The molecule has 0 aromatic carbocycles. The van der Waals surface area contributed by atoms with Crippen molar-refractivity contribution in [3.63, 3.8) is 0 Å². The third-order valence-electron chi connectivity index (χ3n) is 4.15. The molecule has 3 unspecified atom stereocenters. The largest absolute Gasteiger partial charge is 0.285 e. The van der Waals surface area contributed by atoms with E-state index in [2.05, 4.69) is 18.0 Å². The molecule has 3 atom stereocenters. The minimum atomic E-state index is 0.242. The number of nitriles is 1. The average molecular weight is 162 g/mol. The van der Waals surface area contributed by atoms with Crippen molar-refractivity contribution in [2.24, 2.45) is 11.8 Å². The third kappa shape index (κ3) is 0.682. The van der Waals surface area contributed by atoms with Crippen LogP contribution in [0.5, 0.6) is 0 Å². The maximum atomic E-state index is 9.03. The molecule has 0 aromatic rings. The fourth-order valence-electron chi connectivity index (χ4n) is 2.99. The Bertz CT molecular complexity index is 262. The Morgan fingerprint density at radius 2 is 2.25 bits per heavy atom. The molecule has 3 aliphatic rings. The average Bonchev–Trinajstić information content (AvgIpc) is 2.92. The monoisotopic (exact) mass is 162 g/mol. The van der Waals surface area contributed by atoms with E-state index in [0.717, 1.165) is 11.8 Å².